The number of rotatable bonds is 7. The van der Waals surface area contributed by atoms with Crippen LogP contribution in [0.25, 0.3) is 11.0 Å². The summed E-state index contributed by atoms with van der Waals surface area (Å²) in [4.78, 5) is 23.6. The molecular formula is C27H27N3O4. The van der Waals surface area contributed by atoms with Crippen LogP contribution in [0.1, 0.15) is 40.6 Å². The predicted molar refractivity (Wildman–Crippen MR) is 129 cm³/mol. The van der Waals surface area contributed by atoms with Crippen molar-refractivity contribution in [2.75, 3.05) is 20.8 Å². The van der Waals surface area contributed by atoms with Gasteiger partial charge in [0.15, 0.2) is 11.5 Å². The molecule has 0 saturated carbocycles. The molecule has 1 atom stereocenters. The molecule has 0 bridgehead atoms. The van der Waals surface area contributed by atoms with E-state index in [4.69, 9.17) is 19.2 Å². The number of para-hydroxylation sites is 2. The quantitative estimate of drug-likeness (QED) is 0.416. The molecule has 1 aliphatic heterocycles. The van der Waals surface area contributed by atoms with E-state index in [2.05, 4.69) is 4.98 Å². The summed E-state index contributed by atoms with van der Waals surface area (Å²) >= 11 is 0. The molecule has 5 rings (SSSR count). The molecule has 1 fully saturated rings. The second-order valence-corrected chi connectivity index (χ2v) is 8.28. The third kappa shape index (κ3) is 4.17. The van der Waals surface area contributed by atoms with Crippen molar-refractivity contribution in [3.05, 3.63) is 83.7 Å². The molecular weight excluding hydrogens is 430 g/mol. The van der Waals surface area contributed by atoms with E-state index in [1.54, 1.807) is 26.4 Å². The van der Waals surface area contributed by atoms with E-state index in [-0.39, 0.29) is 11.9 Å². The van der Waals surface area contributed by atoms with Gasteiger partial charge in [-0.05, 0) is 42.7 Å². The summed E-state index contributed by atoms with van der Waals surface area (Å²) in [5.41, 5.74) is 3.39. The highest BCUT2D eigenvalue weighted by Crippen LogP contribution is 2.41. The second kappa shape index (κ2) is 9.47. The summed E-state index contributed by atoms with van der Waals surface area (Å²) in [5.74, 6) is 2.11. The Morgan fingerprint density at radius 2 is 1.74 bits per heavy atom. The topological polar surface area (TPSA) is 76.7 Å². The first kappa shape index (κ1) is 21.8. The van der Waals surface area contributed by atoms with Crippen LogP contribution in [-0.4, -0.2) is 41.5 Å². The largest absolute Gasteiger partial charge is 0.493 e. The molecule has 1 N–H and O–H groups in total. The molecule has 174 valence electrons. The molecule has 1 aliphatic rings. The van der Waals surface area contributed by atoms with Crippen LogP contribution in [0, 0.1) is 0 Å². The van der Waals surface area contributed by atoms with Crippen LogP contribution in [-0.2, 0) is 6.61 Å². The SMILES string of the molecule is COc1cc(C(=O)N2CCCC2c2nc3ccccc3[nH]2)cc(OC)c1OCc1ccccc1. The van der Waals surface area contributed by atoms with Gasteiger partial charge in [0.1, 0.15) is 12.4 Å². The fourth-order valence-electron chi connectivity index (χ4n) is 4.47. The lowest BCUT2D eigenvalue weighted by Gasteiger charge is -2.24. The Balaban J connectivity index is 1.42. The number of imidazole rings is 1. The smallest absolute Gasteiger partial charge is 0.254 e. The van der Waals surface area contributed by atoms with Gasteiger partial charge in [-0.25, -0.2) is 4.98 Å². The highest BCUT2D eigenvalue weighted by atomic mass is 16.5. The number of aromatic nitrogens is 2. The van der Waals surface area contributed by atoms with Gasteiger partial charge in [0.05, 0.1) is 31.3 Å². The summed E-state index contributed by atoms with van der Waals surface area (Å²) < 4.78 is 17.2. The van der Waals surface area contributed by atoms with Gasteiger partial charge in [-0.1, -0.05) is 42.5 Å². The monoisotopic (exact) mass is 457 g/mol. The van der Waals surface area contributed by atoms with E-state index in [1.807, 2.05) is 59.5 Å². The number of likely N-dealkylation sites (tertiary alicyclic amines) is 1. The van der Waals surface area contributed by atoms with Crippen molar-refractivity contribution in [3.8, 4) is 17.2 Å². The van der Waals surface area contributed by atoms with E-state index in [0.29, 0.717) is 36.0 Å². The minimum Gasteiger partial charge on any atom is -0.493 e. The number of fused-ring (bicyclic) bond motifs is 1. The molecule has 0 aliphatic carbocycles. The van der Waals surface area contributed by atoms with Crippen molar-refractivity contribution in [3.63, 3.8) is 0 Å². The number of hydrogen-bond donors (Lipinski definition) is 1. The lowest BCUT2D eigenvalue weighted by atomic mass is 10.1. The summed E-state index contributed by atoms with van der Waals surface area (Å²) in [5, 5.41) is 0. The molecule has 7 heteroatoms. The van der Waals surface area contributed by atoms with E-state index >= 15 is 0 Å². The number of H-pyrrole nitrogens is 1. The van der Waals surface area contributed by atoms with Crippen molar-refractivity contribution in [1.29, 1.82) is 0 Å². The maximum atomic E-state index is 13.6. The third-order valence-electron chi connectivity index (χ3n) is 6.17. The summed E-state index contributed by atoms with van der Waals surface area (Å²) in [6, 6.07) is 21.1. The van der Waals surface area contributed by atoms with Gasteiger partial charge in [-0.3, -0.25) is 4.79 Å². The number of amides is 1. The van der Waals surface area contributed by atoms with Gasteiger partial charge in [-0.15, -0.1) is 0 Å². The van der Waals surface area contributed by atoms with Crippen molar-refractivity contribution in [1.82, 2.24) is 14.9 Å². The zero-order valence-corrected chi connectivity index (χ0v) is 19.3. The van der Waals surface area contributed by atoms with Gasteiger partial charge in [0.25, 0.3) is 5.91 Å². The highest BCUT2D eigenvalue weighted by molar-refractivity contribution is 5.96. The maximum absolute atomic E-state index is 13.6. The van der Waals surface area contributed by atoms with Crippen molar-refractivity contribution in [2.24, 2.45) is 0 Å². The van der Waals surface area contributed by atoms with Crippen LogP contribution in [0.3, 0.4) is 0 Å². The van der Waals surface area contributed by atoms with Crippen LogP contribution in [0.5, 0.6) is 17.2 Å². The summed E-state index contributed by atoms with van der Waals surface area (Å²) in [7, 11) is 3.12. The number of nitrogens with zero attached hydrogens (tertiary/aromatic N) is 2. The molecule has 3 aromatic carbocycles. The Kier molecular flexibility index (Phi) is 6.08. The van der Waals surface area contributed by atoms with E-state index in [9.17, 15) is 4.79 Å². The van der Waals surface area contributed by atoms with E-state index < -0.39 is 0 Å². The van der Waals surface area contributed by atoms with Crippen LogP contribution < -0.4 is 14.2 Å². The molecule has 1 aromatic heterocycles. The zero-order chi connectivity index (χ0) is 23.5. The van der Waals surface area contributed by atoms with Crippen LogP contribution >= 0.6 is 0 Å². The number of hydrogen-bond acceptors (Lipinski definition) is 5. The Hall–Kier alpha value is -4.00. The fraction of sp³-hybridized carbons (Fsp3) is 0.259. The highest BCUT2D eigenvalue weighted by Gasteiger charge is 2.33. The third-order valence-corrected chi connectivity index (χ3v) is 6.17. The number of carbonyl (C=O) groups excluding carboxylic acids is 1. The molecule has 7 nitrogen and oxygen atoms in total. The minimum absolute atomic E-state index is 0.0887. The number of benzene rings is 3. The second-order valence-electron chi connectivity index (χ2n) is 8.28. The van der Waals surface area contributed by atoms with Gasteiger partial charge in [0, 0.05) is 12.1 Å². The first-order valence-corrected chi connectivity index (χ1v) is 11.4. The first-order valence-electron chi connectivity index (χ1n) is 11.4. The van der Waals surface area contributed by atoms with Crippen molar-refractivity contribution in [2.45, 2.75) is 25.5 Å². The van der Waals surface area contributed by atoms with Gasteiger partial charge in [0.2, 0.25) is 5.75 Å². The number of methoxy groups -OCH3 is 2. The first-order chi connectivity index (χ1) is 16.7. The standard InChI is InChI=1S/C27H27N3O4/c1-32-23-15-19(16-24(33-2)25(23)34-17-18-9-4-3-5-10-18)27(31)30-14-8-13-22(30)26-28-20-11-6-7-12-21(20)29-26/h3-7,9-12,15-16,22H,8,13-14,17H2,1-2H3,(H,28,29). The Morgan fingerprint density at radius 1 is 1.03 bits per heavy atom. The Labute approximate surface area is 198 Å². The zero-order valence-electron chi connectivity index (χ0n) is 19.3. The molecule has 4 aromatic rings. The number of aromatic amines is 1. The number of ether oxygens (including phenoxy) is 3. The molecule has 34 heavy (non-hydrogen) atoms. The number of carbonyl (C=O) groups is 1. The predicted octanol–water partition coefficient (Wildman–Crippen LogP) is 5.14. The Morgan fingerprint density at radius 3 is 2.44 bits per heavy atom. The van der Waals surface area contributed by atoms with Gasteiger partial charge < -0.3 is 24.1 Å². The van der Waals surface area contributed by atoms with Gasteiger partial charge in [-0.2, -0.15) is 0 Å². The molecule has 1 unspecified atom stereocenters. The average Bonchev–Trinajstić information content (AvgIpc) is 3.54. The minimum atomic E-state index is -0.106. The van der Waals surface area contributed by atoms with Gasteiger partial charge >= 0.3 is 0 Å². The molecule has 1 saturated heterocycles. The lowest BCUT2D eigenvalue weighted by molar-refractivity contribution is 0.0729. The van der Waals surface area contributed by atoms with E-state index in [0.717, 1.165) is 35.3 Å². The van der Waals surface area contributed by atoms with Crippen LogP contribution in [0.15, 0.2) is 66.7 Å². The molecule has 0 spiro atoms. The van der Waals surface area contributed by atoms with Crippen molar-refractivity contribution >= 4 is 16.9 Å². The van der Waals surface area contributed by atoms with E-state index in [1.165, 1.54) is 0 Å². The Bertz CT molecular complexity index is 1240. The van der Waals surface area contributed by atoms with Crippen LogP contribution in [0.4, 0.5) is 0 Å². The normalized spacial score (nSPS) is 15.5. The number of nitrogens with one attached hydrogen (secondary N) is 1. The molecule has 0 radical (unpaired) electrons. The maximum Gasteiger partial charge on any atom is 0.254 e. The van der Waals surface area contributed by atoms with Crippen LogP contribution in [0.2, 0.25) is 0 Å². The van der Waals surface area contributed by atoms with Crippen molar-refractivity contribution < 1.29 is 19.0 Å². The molecule has 1 amide bonds. The lowest BCUT2D eigenvalue weighted by Crippen LogP contribution is -2.31. The molecule has 2 heterocycles. The average molecular weight is 458 g/mol. The fourth-order valence-corrected chi connectivity index (χ4v) is 4.47. The summed E-state index contributed by atoms with van der Waals surface area (Å²) in [6.07, 6.45) is 1.78. The summed E-state index contributed by atoms with van der Waals surface area (Å²) in [6.45, 7) is 1.03.